The molecular weight excluding hydrogens is 823 g/mol. The van der Waals surface area contributed by atoms with Crippen molar-refractivity contribution in [3.8, 4) is 11.6 Å². The minimum absolute atomic E-state index is 0. The van der Waals surface area contributed by atoms with Crippen molar-refractivity contribution < 1.29 is 54.6 Å². The Morgan fingerprint density at radius 2 is 1.23 bits per heavy atom. The molecular formula is C37H50F6N5O2P2Ru+. The number of Topliss-reactive ketones (excluding diaryl/α,β-unsaturated/α-hetero) is 1. The molecule has 53 heavy (non-hydrogen) atoms. The Balaban J connectivity index is 0.000000159. The quantitative estimate of drug-likeness (QED) is 0.113. The van der Waals surface area contributed by atoms with Gasteiger partial charge in [-0.2, -0.15) is 5.10 Å². The predicted molar refractivity (Wildman–Crippen MR) is 195 cm³/mol. The van der Waals surface area contributed by atoms with Crippen LogP contribution in [0.4, 0.5) is 25.2 Å². The number of carbonyl (C=O) groups excluding carboxylic acids is 1. The number of aryl methyl sites for hydroxylation is 2. The Morgan fingerprint density at radius 3 is 1.62 bits per heavy atom. The monoisotopic (exact) mass is 874 g/mol. The van der Waals surface area contributed by atoms with E-state index in [0.717, 1.165) is 24.9 Å². The molecule has 0 spiro atoms. The largest absolute Gasteiger partial charge is 2.00 e. The SMILES string of the molecule is C1N2CN3CN1C[PH+](C2)C3.Cc1ccc(C(C)C)cc1.Cc1nn(-c2ccccc2)c([O-])c1C(=O)C12CC3CC(CC(C3)C1)C2.F[P-](F)(F)(F)(F)F.[Ru+2]. The smallest absolute Gasteiger partial charge is 2.00 e. The Kier molecular flexibility index (Phi) is 12.1. The first kappa shape index (κ1) is 42.2. The summed E-state index contributed by atoms with van der Waals surface area (Å²) in [7, 11) is -10.6. The van der Waals surface area contributed by atoms with Crippen LogP contribution in [0.2, 0.25) is 0 Å². The molecule has 0 atom stereocenters. The van der Waals surface area contributed by atoms with Gasteiger partial charge in [-0.15, -0.1) is 0 Å². The van der Waals surface area contributed by atoms with Gasteiger partial charge in [0.2, 0.25) is 0 Å². The van der Waals surface area contributed by atoms with Crippen molar-refractivity contribution in [1.29, 1.82) is 0 Å². The minimum atomic E-state index is -10.7. The van der Waals surface area contributed by atoms with E-state index in [1.54, 1.807) is 6.92 Å². The van der Waals surface area contributed by atoms with E-state index in [0.29, 0.717) is 34.9 Å². The van der Waals surface area contributed by atoms with E-state index in [1.165, 1.54) is 73.9 Å². The molecule has 8 aliphatic rings. The van der Waals surface area contributed by atoms with Crippen LogP contribution in [0.15, 0.2) is 54.6 Å². The third kappa shape index (κ3) is 11.3. The summed E-state index contributed by atoms with van der Waals surface area (Å²) in [5.74, 6) is 2.56. The van der Waals surface area contributed by atoms with Crippen molar-refractivity contribution in [2.24, 2.45) is 23.2 Å². The average Bonchev–Trinajstić information content (AvgIpc) is 3.32. The summed E-state index contributed by atoms with van der Waals surface area (Å²) in [5.41, 5.74) is 4.11. The molecule has 4 aliphatic heterocycles. The number of ketones is 1. The first-order valence-electron chi connectivity index (χ1n) is 18.1. The molecule has 8 bridgehead atoms. The molecule has 1 aromatic heterocycles. The molecule has 16 heteroatoms. The van der Waals surface area contributed by atoms with Crippen molar-refractivity contribution >= 4 is 21.5 Å². The van der Waals surface area contributed by atoms with Gasteiger partial charge in [-0.3, -0.25) is 4.79 Å². The number of hydrogen-bond donors (Lipinski definition) is 0. The van der Waals surface area contributed by atoms with E-state index in [4.69, 9.17) is 0 Å². The number of carbonyl (C=O) groups is 1. The van der Waals surface area contributed by atoms with Gasteiger partial charge in [-0.1, -0.05) is 61.9 Å². The Morgan fingerprint density at radius 1 is 0.792 bits per heavy atom. The molecule has 294 valence electrons. The van der Waals surface area contributed by atoms with Crippen LogP contribution < -0.4 is 5.11 Å². The Bertz CT molecular complexity index is 1640. The molecule has 0 amide bonds. The van der Waals surface area contributed by atoms with E-state index >= 15 is 0 Å². The Labute approximate surface area is 322 Å². The summed E-state index contributed by atoms with van der Waals surface area (Å²) in [6.07, 6.45) is 11.2. The van der Waals surface area contributed by atoms with Crippen LogP contribution in [0.25, 0.3) is 5.69 Å². The predicted octanol–water partition coefficient (Wildman–Crippen LogP) is 10.0. The molecule has 2 aromatic carbocycles. The van der Waals surface area contributed by atoms with Gasteiger partial charge in [-0.25, -0.2) is 19.4 Å². The van der Waals surface area contributed by atoms with Crippen LogP contribution >= 0.6 is 15.7 Å². The van der Waals surface area contributed by atoms with E-state index < -0.39 is 7.81 Å². The van der Waals surface area contributed by atoms with E-state index in [2.05, 4.69) is 64.8 Å². The summed E-state index contributed by atoms with van der Waals surface area (Å²) in [4.78, 5) is 21.3. The van der Waals surface area contributed by atoms with E-state index in [9.17, 15) is 35.1 Å². The molecule has 3 aromatic rings. The first-order valence-corrected chi connectivity index (χ1v) is 22.3. The fraction of sp³-hybridized carbons (Fsp3) is 0.568. The van der Waals surface area contributed by atoms with Gasteiger partial charge in [0.05, 0.1) is 37.0 Å². The fourth-order valence-electron chi connectivity index (χ4n) is 9.50. The molecule has 0 radical (unpaired) electrons. The maximum absolute atomic E-state index is 13.5. The average molecular weight is 874 g/mol. The van der Waals surface area contributed by atoms with Crippen LogP contribution in [0.3, 0.4) is 0 Å². The summed E-state index contributed by atoms with van der Waals surface area (Å²) in [6.45, 7) is 12.1. The van der Waals surface area contributed by atoms with Gasteiger partial charge in [0.15, 0.2) is 5.78 Å². The van der Waals surface area contributed by atoms with Crippen molar-refractivity contribution in [2.75, 3.05) is 38.9 Å². The number of rotatable bonds is 4. The van der Waals surface area contributed by atoms with Gasteiger partial charge in [0, 0.05) is 19.2 Å². The van der Waals surface area contributed by atoms with Crippen molar-refractivity contribution in [1.82, 2.24) is 24.5 Å². The number of halogens is 6. The second-order valence-electron chi connectivity index (χ2n) is 16.2. The van der Waals surface area contributed by atoms with Crippen LogP contribution in [0.5, 0.6) is 5.88 Å². The summed E-state index contributed by atoms with van der Waals surface area (Å²) in [6, 6.07) is 18.1. The zero-order valence-corrected chi connectivity index (χ0v) is 34.2. The molecule has 4 aliphatic carbocycles. The van der Waals surface area contributed by atoms with Crippen molar-refractivity contribution in [3.63, 3.8) is 0 Å². The topological polar surface area (TPSA) is 67.7 Å². The normalized spacial score (nSPS) is 31.4. The molecule has 8 fully saturated rings. The number of para-hydroxylation sites is 1. The summed E-state index contributed by atoms with van der Waals surface area (Å²) >= 11 is 0. The van der Waals surface area contributed by atoms with Crippen molar-refractivity contribution in [3.05, 3.63) is 77.0 Å². The van der Waals surface area contributed by atoms with Gasteiger partial charge < -0.3 is 5.11 Å². The van der Waals surface area contributed by atoms with Crippen LogP contribution in [-0.4, -0.2) is 69.1 Å². The van der Waals surface area contributed by atoms with E-state index in [-0.39, 0.29) is 44.5 Å². The number of hydrogen-bond acceptors (Lipinski definition) is 6. The molecule has 4 saturated heterocycles. The van der Waals surface area contributed by atoms with Gasteiger partial charge in [0.1, 0.15) is 18.9 Å². The van der Waals surface area contributed by atoms with Crippen LogP contribution in [-0.2, 0) is 19.5 Å². The molecule has 0 unspecified atom stereocenters. The second kappa shape index (κ2) is 15.2. The molecule has 4 saturated carbocycles. The van der Waals surface area contributed by atoms with Crippen molar-refractivity contribution in [2.45, 2.75) is 72.1 Å². The van der Waals surface area contributed by atoms with Crippen LogP contribution in [0.1, 0.15) is 85.5 Å². The van der Waals surface area contributed by atoms with Gasteiger partial charge in [-0.05, 0) is 93.7 Å². The molecule has 5 heterocycles. The minimum Gasteiger partial charge on any atom is 2.00 e. The third-order valence-corrected chi connectivity index (χ3v) is 13.7. The molecule has 11 rings (SSSR count). The summed E-state index contributed by atoms with van der Waals surface area (Å²) in [5, 5.41) is 17.4. The fourth-order valence-corrected chi connectivity index (χ4v) is 12.3. The van der Waals surface area contributed by atoms with Gasteiger partial charge >= 0.3 is 52.5 Å². The first-order chi connectivity index (χ1) is 24.1. The standard InChI is InChI=1S/C21H24N2O2.C10H14.C6H12N3P.F6P.Ru/c1-13-18(20(25)23(22-13)17-5-3-2-4-6-17)19(24)21-10-14-7-15(11-21)9-16(8-14)12-21;1-8(2)10-6-4-9(3)5-7-10;1-7-2-9-3-8(1)5-10(4-7)6-9;1-7(2,3,4,5)6;/h2-6,14-16,25H,7-12H2,1H3;4-8H,1-3H3;1-6H2;;/q;;;-1;+2. The summed E-state index contributed by atoms with van der Waals surface area (Å²) < 4.78 is 60.6. The zero-order chi connectivity index (χ0) is 37.7. The maximum Gasteiger partial charge on any atom is 2.00 e. The number of aromatic nitrogens is 2. The van der Waals surface area contributed by atoms with E-state index in [1.807, 2.05) is 30.3 Å². The second-order valence-corrected chi connectivity index (χ2v) is 20.6. The molecule has 0 N–H and O–H groups in total. The Hall–Kier alpha value is -1.94. The zero-order valence-electron chi connectivity index (χ0n) is 30.6. The molecule has 7 nitrogen and oxygen atoms in total. The number of benzene rings is 2. The van der Waals surface area contributed by atoms with Gasteiger partial charge in [0.25, 0.3) is 0 Å². The number of nitrogens with zero attached hydrogens (tertiary/aromatic N) is 5. The maximum atomic E-state index is 13.5. The van der Waals surface area contributed by atoms with Crippen LogP contribution in [0, 0.1) is 37.0 Å². The third-order valence-electron chi connectivity index (χ3n) is 11.1.